The lowest BCUT2D eigenvalue weighted by molar-refractivity contribution is -0.143. The molecule has 2 atom stereocenters. The Labute approximate surface area is 309 Å². The SMILES string of the molecule is CC[C@@H]1C[C@H](Nc2ncc(OCCOC)c(Cc3cc(C(F)(F)F)cc(C(F)(F)F)c3)n2)c2cc(C(F)(F)F)ccc2N1C(=O)OCC(=C=O)OC(C)(C)C. The van der Waals surface area contributed by atoms with Gasteiger partial charge in [-0.2, -0.15) is 39.5 Å². The molecule has 0 radical (unpaired) electrons. The third-order valence-corrected chi connectivity index (χ3v) is 8.10. The topological polar surface area (TPSA) is 112 Å². The van der Waals surface area contributed by atoms with Crippen LogP contribution < -0.4 is 15.0 Å². The number of benzene rings is 2. The van der Waals surface area contributed by atoms with Gasteiger partial charge in [-0.3, -0.25) is 4.90 Å². The highest BCUT2D eigenvalue weighted by atomic mass is 19.4. The predicted molar refractivity (Wildman–Crippen MR) is 179 cm³/mol. The lowest BCUT2D eigenvalue weighted by atomic mass is 9.89. The summed E-state index contributed by atoms with van der Waals surface area (Å²) in [5.74, 6) is 0.888. The molecule has 19 heteroatoms. The minimum Gasteiger partial charge on any atom is -0.488 e. The Balaban J connectivity index is 1.75. The van der Waals surface area contributed by atoms with Gasteiger partial charge < -0.3 is 24.3 Å². The Morgan fingerprint density at radius 1 is 0.927 bits per heavy atom. The van der Waals surface area contributed by atoms with E-state index in [1.165, 1.54) is 7.11 Å². The maximum atomic E-state index is 14.0. The van der Waals surface area contributed by atoms with Gasteiger partial charge in [0.25, 0.3) is 0 Å². The van der Waals surface area contributed by atoms with Crippen molar-refractivity contribution in [1.82, 2.24) is 9.97 Å². The molecule has 1 N–H and O–H groups in total. The first-order valence-corrected chi connectivity index (χ1v) is 16.7. The molecule has 1 aliphatic rings. The Morgan fingerprint density at radius 2 is 1.56 bits per heavy atom. The zero-order valence-corrected chi connectivity index (χ0v) is 30.1. The van der Waals surface area contributed by atoms with Crippen molar-refractivity contribution in [3.05, 3.63) is 81.9 Å². The normalized spacial score (nSPS) is 16.2. The van der Waals surface area contributed by atoms with E-state index in [9.17, 15) is 49.1 Å². The maximum Gasteiger partial charge on any atom is 0.416 e. The number of nitrogens with one attached hydrogen (secondary N) is 1. The molecule has 4 rings (SSSR count). The van der Waals surface area contributed by atoms with Gasteiger partial charge in [0.15, 0.2) is 18.3 Å². The second kappa shape index (κ2) is 16.8. The van der Waals surface area contributed by atoms with Crippen molar-refractivity contribution in [2.75, 3.05) is 37.1 Å². The maximum absolute atomic E-state index is 14.0. The highest BCUT2D eigenvalue weighted by Crippen LogP contribution is 2.43. The van der Waals surface area contributed by atoms with Crippen molar-refractivity contribution in [2.24, 2.45) is 0 Å². The monoisotopic (exact) mass is 792 g/mol. The van der Waals surface area contributed by atoms with Crippen LogP contribution in [0.25, 0.3) is 0 Å². The number of methoxy groups -OCH3 is 1. The van der Waals surface area contributed by atoms with Crippen LogP contribution in [0.4, 0.5) is 55.9 Å². The zero-order valence-electron chi connectivity index (χ0n) is 30.1. The summed E-state index contributed by atoms with van der Waals surface area (Å²) in [4.78, 5) is 34.6. The number of ether oxygens (including phenoxy) is 4. The molecule has 0 saturated carbocycles. The van der Waals surface area contributed by atoms with Crippen LogP contribution in [0, 0.1) is 0 Å². The number of rotatable bonds is 12. The third kappa shape index (κ3) is 11.3. The molecule has 1 aliphatic heterocycles. The molecule has 0 saturated heterocycles. The van der Waals surface area contributed by atoms with Crippen molar-refractivity contribution in [1.29, 1.82) is 0 Å². The van der Waals surface area contributed by atoms with Crippen LogP contribution in [0.3, 0.4) is 0 Å². The molecule has 0 spiro atoms. The Morgan fingerprint density at radius 3 is 2.11 bits per heavy atom. The number of nitrogens with zero attached hydrogens (tertiary/aromatic N) is 3. The molecule has 0 bridgehead atoms. The smallest absolute Gasteiger partial charge is 0.416 e. The molecule has 0 aliphatic carbocycles. The van der Waals surface area contributed by atoms with Gasteiger partial charge in [-0.25, -0.2) is 19.6 Å². The molecule has 300 valence electrons. The van der Waals surface area contributed by atoms with Gasteiger partial charge in [-0.05, 0) is 81.1 Å². The minimum atomic E-state index is -5.11. The number of aromatic nitrogens is 2. The average molecular weight is 793 g/mol. The largest absolute Gasteiger partial charge is 0.488 e. The molecule has 1 amide bonds. The summed E-state index contributed by atoms with van der Waals surface area (Å²) in [7, 11) is 1.37. The van der Waals surface area contributed by atoms with E-state index in [1.54, 1.807) is 33.6 Å². The summed E-state index contributed by atoms with van der Waals surface area (Å²) in [5.41, 5.74) is -5.54. The minimum absolute atomic E-state index is 0.0109. The van der Waals surface area contributed by atoms with Crippen molar-refractivity contribution in [3.63, 3.8) is 0 Å². The van der Waals surface area contributed by atoms with Crippen molar-refractivity contribution in [3.8, 4) is 5.75 Å². The van der Waals surface area contributed by atoms with E-state index < -0.39 is 77.6 Å². The van der Waals surface area contributed by atoms with Crippen LogP contribution in [-0.4, -0.2) is 60.6 Å². The molecule has 2 aromatic carbocycles. The van der Waals surface area contributed by atoms with Gasteiger partial charge in [0.1, 0.15) is 12.2 Å². The number of hydrogen-bond donors (Lipinski definition) is 1. The number of carbonyl (C=O) groups is 1. The van der Waals surface area contributed by atoms with Crippen LogP contribution >= 0.6 is 0 Å². The number of amides is 1. The van der Waals surface area contributed by atoms with E-state index in [1.807, 2.05) is 0 Å². The third-order valence-electron chi connectivity index (χ3n) is 8.10. The van der Waals surface area contributed by atoms with Crippen LogP contribution in [0.1, 0.15) is 80.1 Å². The van der Waals surface area contributed by atoms with Gasteiger partial charge in [0.05, 0.1) is 46.9 Å². The summed E-state index contributed by atoms with van der Waals surface area (Å²) >= 11 is 0. The zero-order chi connectivity index (χ0) is 40.9. The Kier molecular flexibility index (Phi) is 13.0. The van der Waals surface area contributed by atoms with Crippen LogP contribution in [0.15, 0.2) is 48.4 Å². The summed E-state index contributed by atoms with van der Waals surface area (Å²) < 4.78 is 145. The van der Waals surface area contributed by atoms with E-state index in [-0.39, 0.29) is 66.5 Å². The molecule has 1 aromatic heterocycles. The number of halogens is 9. The van der Waals surface area contributed by atoms with E-state index in [2.05, 4.69) is 15.3 Å². The van der Waals surface area contributed by atoms with Crippen LogP contribution in [-0.2, 0) is 44.0 Å². The van der Waals surface area contributed by atoms with E-state index >= 15 is 0 Å². The molecule has 0 fully saturated rings. The summed E-state index contributed by atoms with van der Waals surface area (Å²) in [6.07, 6.45) is -15.3. The first kappa shape index (κ1) is 42.7. The van der Waals surface area contributed by atoms with E-state index in [0.29, 0.717) is 12.1 Å². The number of hydrogen-bond acceptors (Lipinski definition) is 9. The lowest BCUT2D eigenvalue weighted by Gasteiger charge is -2.40. The van der Waals surface area contributed by atoms with Gasteiger partial charge in [0, 0.05) is 19.6 Å². The summed E-state index contributed by atoms with van der Waals surface area (Å²) in [5, 5.41) is 2.93. The van der Waals surface area contributed by atoms with Gasteiger partial charge >= 0.3 is 24.6 Å². The summed E-state index contributed by atoms with van der Waals surface area (Å²) in [6, 6.07) is 2.04. The van der Waals surface area contributed by atoms with E-state index in [4.69, 9.17) is 18.9 Å². The predicted octanol–water partition coefficient (Wildman–Crippen LogP) is 8.96. The first-order chi connectivity index (χ1) is 25.5. The quantitative estimate of drug-likeness (QED) is 0.0832. The van der Waals surface area contributed by atoms with Crippen LogP contribution in [0.2, 0.25) is 0 Å². The standard InChI is InChI=1S/C36H37F9N4O6/c1-6-24-16-27(26-15-21(34(37,38)39)7-8-29(26)49(24)32(51)54-19-25(18-50)55-33(2,3)4)47-31-46-17-30(53-10-9-52-5)28(48-31)13-20-11-22(35(40,41)42)14-23(12-20)36(43,44)45/h7-8,11-12,14-15,17,24,27H,6,9-10,13,16,19H2,1-5H3,(H,46,47,48)/t24-,27+/m1/s1. The number of carbonyl (C=O) groups excluding carboxylic acids is 2. The van der Waals surface area contributed by atoms with Gasteiger partial charge in [-0.15, -0.1) is 0 Å². The van der Waals surface area contributed by atoms with Gasteiger partial charge in [0.2, 0.25) is 11.7 Å². The fourth-order valence-electron chi connectivity index (χ4n) is 5.74. The fourth-order valence-corrected chi connectivity index (χ4v) is 5.74. The number of alkyl halides is 9. The Bertz CT molecular complexity index is 1850. The second-order valence-corrected chi connectivity index (χ2v) is 13.4. The van der Waals surface area contributed by atoms with E-state index in [0.717, 1.165) is 29.3 Å². The molecule has 10 nitrogen and oxygen atoms in total. The average Bonchev–Trinajstić information content (AvgIpc) is 3.08. The molecular formula is C36H37F9N4O6. The fraction of sp³-hybridized carbons (Fsp3) is 0.472. The highest BCUT2D eigenvalue weighted by Gasteiger charge is 2.40. The molecule has 55 heavy (non-hydrogen) atoms. The highest BCUT2D eigenvalue weighted by molar-refractivity contribution is 5.90. The van der Waals surface area contributed by atoms with Crippen molar-refractivity contribution in [2.45, 2.75) is 83.2 Å². The second-order valence-electron chi connectivity index (χ2n) is 13.4. The lowest BCUT2D eigenvalue weighted by Crippen LogP contribution is -2.46. The first-order valence-electron chi connectivity index (χ1n) is 16.7. The number of fused-ring (bicyclic) bond motifs is 1. The Hall–Kier alpha value is -5.03. The van der Waals surface area contributed by atoms with Gasteiger partial charge in [-0.1, -0.05) is 6.92 Å². The molecule has 0 unspecified atom stereocenters. The summed E-state index contributed by atoms with van der Waals surface area (Å²) in [6.45, 7) is 6.00. The number of anilines is 2. The molecule has 2 heterocycles. The molecular weight excluding hydrogens is 755 g/mol. The van der Waals surface area contributed by atoms with Crippen molar-refractivity contribution < 1.29 is 68.1 Å². The van der Waals surface area contributed by atoms with Crippen molar-refractivity contribution >= 4 is 23.7 Å². The molecule has 3 aromatic rings. The van der Waals surface area contributed by atoms with Crippen LogP contribution in [0.5, 0.6) is 5.75 Å².